The highest BCUT2D eigenvalue weighted by molar-refractivity contribution is 6.02. The van der Waals surface area contributed by atoms with Gasteiger partial charge in [-0.2, -0.15) is 5.10 Å². The molecule has 0 saturated carbocycles. The van der Waals surface area contributed by atoms with Crippen molar-refractivity contribution in [1.29, 1.82) is 0 Å². The van der Waals surface area contributed by atoms with Crippen LogP contribution in [0.4, 0.5) is 5.69 Å². The lowest BCUT2D eigenvalue weighted by Gasteiger charge is -2.07. The van der Waals surface area contributed by atoms with E-state index in [0.29, 0.717) is 0 Å². The highest BCUT2D eigenvalue weighted by Crippen LogP contribution is 2.27. The number of nitrogens with one attached hydrogen (secondary N) is 1. The summed E-state index contributed by atoms with van der Waals surface area (Å²) < 4.78 is 5.40. The van der Waals surface area contributed by atoms with E-state index >= 15 is 0 Å². The molecule has 0 heterocycles. The second-order valence-corrected chi connectivity index (χ2v) is 4.64. The topological polar surface area (TPSA) is 33.6 Å². The predicted octanol–water partition coefficient (Wildman–Crippen LogP) is 4.29. The summed E-state index contributed by atoms with van der Waals surface area (Å²) >= 11 is 0. The first-order valence-electron chi connectivity index (χ1n) is 6.78. The third-order valence-corrected chi connectivity index (χ3v) is 3.31. The van der Waals surface area contributed by atoms with Gasteiger partial charge in [0.15, 0.2) is 0 Å². The molecule has 0 aliphatic heterocycles. The summed E-state index contributed by atoms with van der Waals surface area (Å²) in [5, 5.41) is 6.51. The Morgan fingerprint density at radius 1 is 0.857 bits per heavy atom. The van der Waals surface area contributed by atoms with Crippen LogP contribution in [-0.2, 0) is 0 Å². The molecule has 0 unspecified atom stereocenters. The summed E-state index contributed by atoms with van der Waals surface area (Å²) in [6.07, 6.45) is 1.83. The van der Waals surface area contributed by atoms with Crippen LogP contribution in [0.1, 0.15) is 5.56 Å². The van der Waals surface area contributed by atoms with Crippen LogP contribution in [-0.4, -0.2) is 13.3 Å². The van der Waals surface area contributed by atoms with E-state index in [0.717, 1.165) is 27.8 Å². The normalized spacial score (nSPS) is 10.9. The zero-order chi connectivity index (χ0) is 14.5. The number of hydrazone groups is 1. The van der Waals surface area contributed by atoms with Crippen LogP contribution in [0.25, 0.3) is 10.8 Å². The Labute approximate surface area is 123 Å². The maximum absolute atomic E-state index is 5.40. The molecule has 21 heavy (non-hydrogen) atoms. The number of ether oxygens (including phenoxy) is 1. The van der Waals surface area contributed by atoms with Gasteiger partial charge in [-0.25, -0.2) is 0 Å². The van der Waals surface area contributed by atoms with Crippen molar-refractivity contribution in [3.05, 3.63) is 72.3 Å². The molecule has 1 N–H and O–H groups in total. The highest BCUT2D eigenvalue weighted by atomic mass is 16.5. The van der Waals surface area contributed by atoms with E-state index < -0.39 is 0 Å². The molecule has 0 atom stereocenters. The number of anilines is 1. The summed E-state index contributed by atoms with van der Waals surface area (Å²) in [4.78, 5) is 0. The standard InChI is InChI=1S/C18H16N2O/c1-21-18-12-11-14(16-9-5-6-10-17(16)18)13-19-20-15-7-3-2-4-8-15/h2-13,20H,1H3. The largest absolute Gasteiger partial charge is 0.496 e. The van der Waals surface area contributed by atoms with Gasteiger partial charge in [0.25, 0.3) is 0 Å². The number of hydrogen-bond donors (Lipinski definition) is 1. The lowest BCUT2D eigenvalue weighted by Crippen LogP contribution is -1.92. The molecule has 0 radical (unpaired) electrons. The lowest BCUT2D eigenvalue weighted by atomic mass is 10.0. The Morgan fingerprint density at radius 2 is 1.57 bits per heavy atom. The molecular formula is C18H16N2O. The Bertz CT molecular complexity index is 767. The number of rotatable bonds is 4. The zero-order valence-corrected chi connectivity index (χ0v) is 11.8. The molecule has 0 spiro atoms. The summed E-state index contributed by atoms with van der Waals surface area (Å²) in [7, 11) is 1.69. The number of fused-ring (bicyclic) bond motifs is 1. The number of benzene rings is 3. The summed E-state index contributed by atoms with van der Waals surface area (Å²) in [5.74, 6) is 0.874. The molecule has 3 aromatic rings. The Morgan fingerprint density at radius 3 is 2.33 bits per heavy atom. The molecule has 0 saturated heterocycles. The minimum Gasteiger partial charge on any atom is -0.496 e. The third kappa shape index (κ3) is 2.87. The van der Waals surface area contributed by atoms with E-state index in [-0.39, 0.29) is 0 Å². The number of methoxy groups -OCH3 is 1. The van der Waals surface area contributed by atoms with Gasteiger partial charge in [-0.05, 0) is 29.7 Å². The second kappa shape index (κ2) is 6.09. The van der Waals surface area contributed by atoms with Gasteiger partial charge < -0.3 is 4.74 Å². The Balaban J connectivity index is 1.91. The van der Waals surface area contributed by atoms with E-state index in [1.54, 1.807) is 7.11 Å². The molecular weight excluding hydrogens is 260 g/mol. The van der Waals surface area contributed by atoms with Gasteiger partial charge in [0, 0.05) is 10.9 Å². The van der Waals surface area contributed by atoms with Crippen molar-refractivity contribution in [2.45, 2.75) is 0 Å². The van der Waals surface area contributed by atoms with Crippen molar-refractivity contribution >= 4 is 22.7 Å². The first kappa shape index (κ1) is 13.2. The molecule has 3 aromatic carbocycles. The molecule has 104 valence electrons. The summed E-state index contributed by atoms with van der Waals surface area (Å²) in [6, 6.07) is 22.0. The van der Waals surface area contributed by atoms with Crippen LogP contribution in [0.2, 0.25) is 0 Å². The van der Waals surface area contributed by atoms with Gasteiger partial charge in [-0.15, -0.1) is 0 Å². The average molecular weight is 276 g/mol. The zero-order valence-electron chi connectivity index (χ0n) is 11.8. The highest BCUT2D eigenvalue weighted by Gasteiger charge is 2.03. The van der Waals surface area contributed by atoms with Crippen molar-refractivity contribution < 1.29 is 4.74 Å². The van der Waals surface area contributed by atoms with Crippen LogP contribution in [0.5, 0.6) is 5.75 Å². The van der Waals surface area contributed by atoms with Gasteiger partial charge in [0.1, 0.15) is 5.75 Å². The molecule has 0 amide bonds. The second-order valence-electron chi connectivity index (χ2n) is 4.64. The molecule has 0 aromatic heterocycles. The van der Waals surface area contributed by atoms with E-state index in [9.17, 15) is 0 Å². The monoisotopic (exact) mass is 276 g/mol. The molecule has 0 fully saturated rings. The number of hydrogen-bond acceptors (Lipinski definition) is 3. The van der Waals surface area contributed by atoms with Crippen molar-refractivity contribution in [2.24, 2.45) is 5.10 Å². The van der Waals surface area contributed by atoms with Crippen LogP contribution >= 0.6 is 0 Å². The van der Waals surface area contributed by atoms with Gasteiger partial charge in [0.2, 0.25) is 0 Å². The van der Waals surface area contributed by atoms with Crippen LogP contribution in [0.3, 0.4) is 0 Å². The maximum atomic E-state index is 5.40. The quantitative estimate of drug-likeness (QED) is 0.569. The van der Waals surface area contributed by atoms with Crippen LogP contribution in [0, 0.1) is 0 Å². The van der Waals surface area contributed by atoms with Crippen molar-refractivity contribution in [2.75, 3.05) is 12.5 Å². The fourth-order valence-corrected chi connectivity index (χ4v) is 2.27. The molecule has 0 bridgehead atoms. The lowest BCUT2D eigenvalue weighted by molar-refractivity contribution is 0.420. The Kier molecular flexibility index (Phi) is 3.83. The van der Waals surface area contributed by atoms with E-state index in [4.69, 9.17) is 4.74 Å². The van der Waals surface area contributed by atoms with E-state index in [1.165, 1.54) is 0 Å². The number of nitrogens with zero attached hydrogens (tertiary/aromatic N) is 1. The van der Waals surface area contributed by atoms with Gasteiger partial charge in [0.05, 0.1) is 19.0 Å². The molecule has 0 aliphatic carbocycles. The minimum atomic E-state index is 0.874. The number of para-hydroxylation sites is 1. The first-order chi connectivity index (χ1) is 10.4. The van der Waals surface area contributed by atoms with Crippen molar-refractivity contribution in [3.63, 3.8) is 0 Å². The molecule has 3 nitrogen and oxygen atoms in total. The average Bonchev–Trinajstić information content (AvgIpc) is 2.56. The molecule has 3 heteroatoms. The fraction of sp³-hybridized carbons (Fsp3) is 0.0556. The fourth-order valence-electron chi connectivity index (χ4n) is 2.27. The van der Waals surface area contributed by atoms with E-state index in [2.05, 4.69) is 22.7 Å². The first-order valence-corrected chi connectivity index (χ1v) is 6.78. The molecule has 3 rings (SSSR count). The summed E-state index contributed by atoms with van der Waals surface area (Å²) in [6.45, 7) is 0. The minimum absolute atomic E-state index is 0.874. The molecule has 0 aliphatic rings. The third-order valence-electron chi connectivity index (χ3n) is 3.31. The predicted molar refractivity (Wildman–Crippen MR) is 88.2 cm³/mol. The maximum Gasteiger partial charge on any atom is 0.126 e. The van der Waals surface area contributed by atoms with Gasteiger partial charge in [-0.1, -0.05) is 42.5 Å². The SMILES string of the molecule is COc1ccc(C=NNc2ccccc2)c2ccccc12. The van der Waals surface area contributed by atoms with E-state index in [1.807, 2.05) is 60.8 Å². The summed E-state index contributed by atoms with van der Waals surface area (Å²) in [5.41, 5.74) is 5.04. The van der Waals surface area contributed by atoms with Crippen molar-refractivity contribution in [3.8, 4) is 5.75 Å². The van der Waals surface area contributed by atoms with Gasteiger partial charge >= 0.3 is 0 Å². The van der Waals surface area contributed by atoms with Crippen molar-refractivity contribution in [1.82, 2.24) is 0 Å². The van der Waals surface area contributed by atoms with Crippen LogP contribution in [0.15, 0.2) is 71.8 Å². The smallest absolute Gasteiger partial charge is 0.126 e. The van der Waals surface area contributed by atoms with Gasteiger partial charge in [-0.3, -0.25) is 5.43 Å². The Hall–Kier alpha value is -2.81. The van der Waals surface area contributed by atoms with Crippen LogP contribution < -0.4 is 10.2 Å².